The number of benzene rings is 1. The number of hydrogen-bond donors (Lipinski definition) is 2. The van der Waals surface area contributed by atoms with E-state index in [9.17, 15) is 9.18 Å². The van der Waals surface area contributed by atoms with Crippen molar-refractivity contribution in [2.24, 2.45) is 5.10 Å². The lowest BCUT2D eigenvalue weighted by Gasteiger charge is -1.95. The molecule has 116 valence electrons. The average molecular weight is 349 g/mol. The summed E-state index contributed by atoms with van der Waals surface area (Å²) in [5, 5.41) is 10.5. The molecule has 8 heteroatoms. The zero-order valence-corrected chi connectivity index (χ0v) is 13.2. The minimum atomic E-state index is -0.450. The lowest BCUT2D eigenvalue weighted by atomic mass is 10.2. The number of carbonyl (C=O) groups excluding carboxylic acids is 1. The first kappa shape index (κ1) is 15.4. The molecule has 23 heavy (non-hydrogen) atoms. The predicted molar refractivity (Wildman–Crippen MR) is 88.4 cm³/mol. The predicted octanol–water partition coefficient (Wildman–Crippen LogP) is 3.69. The third kappa shape index (κ3) is 3.82. The van der Waals surface area contributed by atoms with Gasteiger partial charge in [-0.25, -0.2) is 9.82 Å². The Bertz CT molecular complexity index is 857. The average Bonchev–Trinajstić information content (AvgIpc) is 3.18. The minimum absolute atomic E-state index is 0.209. The number of halogens is 2. The lowest BCUT2D eigenvalue weighted by molar-refractivity contribution is 0.0950. The van der Waals surface area contributed by atoms with E-state index >= 15 is 0 Å². The van der Waals surface area contributed by atoms with Crippen molar-refractivity contribution >= 4 is 35.1 Å². The number of hydrazone groups is 1. The molecule has 3 aromatic rings. The maximum Gasteiger partial charge on any atom is 0.291 e. The zero-order valence-electron chi connectivity index (χ0n) is 11.6. The van der Waals surface area contributed by atoms with Crippen LogP contribution in [0.15, 0.2) is 47.6 Å². The fourth-order valence-corrected chi connectivity index (χ4v) is 2.80. The molecule has 0 aliphatic rings. The molecule has 3 rings (SSSR count). The molecule has 0 fully saturated rings. The van der Waals surface area contributed by atoms with E-state index in [-0.39, 0.29) is 11.5 Å². The Hall–Kier alpha value is -2.51. The number of nitrogens with zero attached hydrogens (tertiary/aromatic N) is 2. The summed E-state index contributed by atoms with van der Waals surface area (Å²) in [6.07, 6.45) is 1.42. The Balaban J connectivity index is 1.64. The number of thiophene rings is 1. The van der Waals surface area contributed by atoms with E-state index in [0.29, 0.717) is 15.6 Å². The van der Waals surface area contributed by atoms with Gasteiger partial charge in [0, 0.05) is 0 Å². The van der Waals surface area contributed by atoms with Crippen molar-refractivity contribution in [3.05, 3.63) is 63.9 Å². The largest absolute Gasteiger partial charge is 0.291 e. The molecule has 2 heterocycles. The van der Waals surface area contributed by atoms with Gasteiger partial charge < -0.3 is 0 Å². The van der Waals surface area contributed by atoms with Gasteiger partial charge in [-0.15, -0.1) is 11.3 Å². The highest BCUT2D eigenvalue weighted by Gasteiger charge is 2.11. The Morgan fingerprint density at radius 3 is 2.78 bits per heavy atom. The SMILES string of the molecule is O=C(NN=Cc1ccc(F)cc1)c1cc(-c2ccc(Cl)s2)[nH]n1. The van der Waals surface area contributed by atoms with Gasteiger partial charge >= 0.3 is 0 Å². The second kappa shape index (κ2) is 6.72. The molecule has 0 aliphatic carbocycles. The summed E-state index contributed by atoms with van der Waals surface area (Å²) in [5.74, 6) is -0.780. The summed E-state index contributed by atoms with van der Waals surface area (Å²) < 4.78 is 13.4. The second-order valence-electron chi connectivity index (χ2n) is 4.52. The van der Waals surface area contributed by atoms with E-state index in [1.54, 1.807) is 24.3 Å². The van der Waals surface area contributed by atoms with E-state index in [1.807, 2.05) is 6.07 Å². The molecule has 0 bridgehead atoms. The maximum absolute atomic E-state index is 12.8. The van der Waals surface area contributed by atoms with E-state index in [0.717, 1.165) is 4.88 Å². The van der Waals surface area contributed by atoms with Crippen molar-refractivity contribution in [3.8, 4) is 10.6 Å². The minimum Gasteiger partial charge on any atom is -0.276 e. The van der Waals surface area contributed by atoms with Crippen LogP contribution in [-0.2, 0) is 0 Å². The molecule has 0 radical (unpaired) electrons. The number of hydrogen-bond acceptors (Lipinski definition) is 4. The summed E-state index contributed by atoms with van der Waals surface area (Å²) in [7, 11) is 0. The molecule has 0 spiro atoms. The Morgan fingerprint density at radius 1 is 1.30 bits per heavy atom. The van der Waals surface area contributed by atoms with Gasteiger partial charge in [0.15, 0.2) is 5.69 Å². The molecule has 1 aromatic carbocycles. The first-order valence-electron chi connectivity index (χ1n) is 6.52. The van der Waals surface area contributed by atoms with Crippen LogP contribution in [0.4, 0.5) is 4.39 Å². The van der Waals surface area contributed by atoms with Crippen LogP contribution in [0, 0.1) is 5.82 Å². The molecule has 2 N–H and O–H groups in total. The second-order valence-corrected chi connectivity index (χ2v) is 6.24. The monoisotopic (exact) mass is 348 g/mol. The number of H-pyrrole nitrogens is 1. The van der Waals surface area contributed by atoms with Crippen LogP contribution in [0.1, 0.15) is 16.1 Å². The van der Waals surface area contributed by atoms with Crippen molar-refractivity contribution in [1.82, 2.24) is 15.6 Å². The molecule has 1 amide bonds. The Kier molecular flexibility index (Phi) is 4.50. The Morgan fingerprint density at radius 2 is 2.09 bits per heavy atom. The number of rotatable bonds is 4. The first-order chi connectivity index (χ1) is 11.1. The molecule has 0 saturated heterocycles. The highest BCUT2D eigenvalue weighted by Crippen LogP contribution is 2.29. The molecule has 5 nitrogen and oxygen atoms in total. The molecule has 0 aliphatic heterocycles. The molecule has 0 atom stereocenters. The highest BCUT2D eigenvalue weighted by atomic mass is 35.5. The molecule has 0 saturated carbocycles. The van der Waals surface area contributed by atoms with Gasteiger partial charge in [-0.05, 0) is 35.9 Å². The maximum atomic E-state index is 12.8. The summed E-state index contributed by atoms with van der Waals surface area (Å²) in [6.45, 7) is 0. The number of aromatic amines is 1. The fraction of sp³-hybridized carbons (Fsp3) is 0. The van der Waals surface area contributed by atoms with E-state index in [1.165, 1.54) is 29.7 Å². The summed E-state index contributed by atoms with van der Waals surface area (Å²) in [6, 6.07) is 11.0. The smallest absolute Gasteiger partial charge is 0.276 e. The zero-order chi connectivity index (χ0) is 16.2. The highest BCUT2D eigenvalue weighted by molar-refractivity contribution is 7.19. The standard InChI is InChI=1S/C15H10ClFN4OS/c16-14-6-5-13(23-14)11-7-12(20-19-11)15(22)21-18-8-9-1-3-10(17)4-2-9/h1-8H,(H,19,20)(H,21,22). The summed E-state index contributed by atoms with van der Waals surface area (Å²) in [5.41, 5.74) is 3.95. The fourth-order valence-electron chi connectivity index (χ4n) is 1.79. The van der Waals surface area contributed by atoms with E-state index in [4.69, 9.17) is 11.6 Å². The van der Waals surface area contributed by atoms with E-state index < -0.39 is 5.91 Å². The van der Waals surface area contributed by atoms with Gasteiger partial charge in [0.25, 0.3) is 5.91 Å². The van der Waals surface area contributed by atoms with Crippen molar-refractivity contribution in [1.29, 1.82) is 0 Å². The quantitative estimate of drug-likeness (QED) is 0.557. The van der Waals surface area contributed by atoms with Crippen LogP contribution in [0.3, 0.4) is 0 Å². The topological polar surface area (TPSA) is 70.1 Å². The van der Waals surface area contributed by atoms with Crippen LogP contribution in [0.5, 0.6) is 0 Å². The number of amides is 1. The third-order valence-corrected chi connectivity index (χ3v) is 4.16. The number of aromatic nitrogens is 2. The van der Waals surface area contributed by atoms with Gasteiger partial charge in [0.1, 0.15) is 5.82 Å². The van der Waals surface area contributed by atoms with E-state index in [2.05, 4.69) is 20.7 Å². The number of carbonyl (C=O) groups is 1. The van der Waals surface area contributed by atoms with Crippen LogP contribution < -0.4 is 5.43 Å². The van der Waals surface area contributed by atoms with Crippen LogP contribution in [0.25, 0.3) is 10.6 Å². The van der Waals surface area contributed by atoms with Gasteiger partial charge in [-0.2, -0.15) is 10.2 Å². The molecule has 2 aromatic heterocycles. The van der Waals surface area contributed by atoms with Gasteiger partial charge in [-0.1, -0.05) is 23.7 Å². The van der Waals surface area contributed by atoms with Crippen molar-refractivity contribution in [3.63, 3.8) is 0 Å². The first-order valence-corrected chi connectivity index (χ1v) is 7.71. The number of nitrogens with one attached hydrogen (secondary N) is 2. The molecule has 0 unspecified atom stereocenters. The van der Waals surface area contributed by atoms with Gasteiger partial charge in [0.2, 0.25) is 0 Å². The Labute approximate surface area is 139 Å². The van der Waals surface area contributed by atoms with Crippen molar-refractivity contribution < 1.29 is 9.18 Å². The van der Waals surface area contributed by atoms with Crippen LogP contribution in [0.2, 0.25) is 4.34 Å². The molecular formula is C15H10ClFN4OS. The van der Waals surface area contributed by atoms with Gasteiger partial charge in [0.05, 0.1) is 21.1 Å². The normalized spacial score (nSPS) is 11.0. The molecular weight excluding hydrogens is 339 g/mol. The van der Waals surface area contributed by atoms with Gasteiger partial charge in [-0.3, -0.25) is 9.89 Å². The van der Waals surface area contributed by atoms with Crippen molar-refractivity contribution in [2.75, 3.05) is 0 Å². The summed E-state index contributed by atoms with van der Waals surface area (Å²) in [4.78, 5) is 12.8. The lowest BCUT2D eigenvalue weighted by Crippen LogP contribution is -2.17. The summed E-state index contributed by atoms with van der Waals surface area (Å²) >= 11 is 7.26. The van der Waals surface area contributed by atoms with Crippen molar-refractivity contribution in [2.45, 2.75) is 0 Å². The van der Waals surface area contributed by atoms with Crippen LogP contribution in [-0.4, -0.2) is 22.3 Å². The van der Waals surface area contributed by atoms with Crippen LogP contribution >= 0.6 is 22.9 Å². The third-order valence-electron chi connectivity index (χ3n) is 2.90.